The number of hydrogen-bond acceptors (Lipinski definition) is 5. The van der Waals surface area contributed by atoms with E-state index in [9.17, 15) is 9.59 Å². The smallest absolute Gasteiger partial charge is 0.325 e. The summed E-state index contributed by atoms with van der Waals surface area (Å²) in [5.74, 6) is -2.08. The first-order valence-electron chi connectivity index (χ1n) is 8.37. The lowest BCUT2D eigenvalue weighted by atomic mass is 9.72. The Morgan fingerprint density at radius 3 is 2.09 bits per heavy atom. The zero-order chi connectivity index (χ0) is 16.6. The van der Waals surface area contributed by atoms with Crippen LogP contribution < -0.4 is 0 Å². The van der Waals surface area contributed by atoms with Crippen molar-refractivity contribution in [3.63, 3.8) is 0 Å². The van der Waals surface area contributed by atoms with E-state index < -0.39 is 23.1 Å². The summed E-state index contributed by atoms with van der Waals surface area (Å²) in [4.78, 5) is 24.1. The third-order valence-corrected chi connectivity index (χ3v) is 4.85. The number of esters is 2. The Hall–Kier alpha value is -0.940. The van der Waals surface area contributed by atoms with Gasteiger partial charge in [-0.25, -0.2) is 0 Å². The highest BCUT2D eigenvalue weighted by atomic mass is 16.7. The molecule has 0 amide bonds. The zero-order valence-electron chi connectivity index (χ0n) is 14.4. The minimum Gasteiger partial charge on any atom is -0.393 e. The van der Waals surface area contributed by atoms with E-state index in [-0.39, 0.29) is 6.42 Å². The normalized spacial score (nSPS) is 22.2. The van der Waals surface area contributed by atoms with Crippen LogP contribution in [-0.4, -0.2) is 31.9 Å². The van der Waals surface area contributed by atoms with E-state index in [1.165, 1.54) is 33.5 Å². The fourth-order valence-electron chi connectivity index (χ4n) is 3.54. The second-order valence-corrected chi connectivity index (χ2v) is 6.05. The van der Waals surface area contributed by atoms with Crippen LogP contribution in [0, 0.1) is 5.41 Å². The first kappa shape index (κ1) is 19.1. The van der Waals surface area contributed by atoms with Gasteiger partial charge in [0.1, 0.15) is 5.41 Å². The van der Waals surface area contributed by atoms with Crippen molar-refractivity contribution in [2.75, 3.05) is 14.2 Å². The molecule has 1 saturated heterocycles. The average Bonchev–Trinajstić information content (AvgIpc) is 2.80. The Morgan fingerprint density at radius 2 is 1.64 bits per heavy atom. The number of carbonyl (C=O) groups excluding carboxylic acids is 2. The molecule has 128 valence electrons. The highest BCUT2D eigenvalue weighted by Gasteiger charge is 2.62. The molecule has 0 bridgehead atoms. The predicted octanol–water partition coefficient (Wildman–Crippen LogP) is 3.60. The van der Waals surface area contributed by atoms with Crippen LogP contribution in [0.4, 0.5) is 0 Å². The number of rotatable bonds is 11. The van der Waals surface area contributed by atoms with E-state index in [4.69, 9.17) is 14.2 Å². The van der Waals surface area contributed by atoms with Gasteiger partial charge in [0.05, 0.1) is 6.42 Å². The maximum absolute atomic E-state index is 12.4. The van der Waals surface area contributed by atoms with Gasteiger partial charge in [0, 0.05) is 14.2 Å². The predicted molar refractivity (Wildman–Crippen MR) is 83.2 cm³/mol. The van der Waals surface area contributed by atoms with Crippen LogP contribution in [-0.2, 0) is 23.8 Å². The third kappa shape index (κ3) is 3.69. The van der Waals surface area contributed by atoms with E-state index in [1.807, 2.05) is 6.92 Å². The molecule has 0 N–H and O–H groups in total. The molecule has 1 aliphatic rings. The Labute approximate surface area is 133 Å². The van der Waals surface area contributed by atoms with Gasteiger partial charge in [0.2, 0.25) is 0 Å². The van der Waals surface area contributed by atoms with Crippen molar-refractivity contribution in [1.82, 2.24) is 0 Å². The standard InChI is InChI=1S/C17H30O5/c1-5-7-8-9-10-11-12-16(13-14(18)22-15(16)19)17(6-2,20-3)21-4/h5-13H2,1-4H3. The molecular weight excluding hydrogens is 284 g/mol. The zero-order valence-corrected chi connectivity index (χ0v) is 14.4. The van der Waals surface area contributed by atoms with Gasteiger partial charge >= 0.3 is 11.9 Å². The number of cyclic esters (lactones) is 2. The van der Waals surface area contributed by atoms with Gasteiger partial charge < -0.3 is 14.2 Å². The van der Waals surface area contributed by atoms with E-state index >= 15 is 0 Å². The molecule has 1 fully saturated rings. The highest BCUT2D eigenvalue weighted by Crippen LogP contribution is 2.49. The summed E-state index contributed by atoms with van der Waals surface area (Å²) in [5, 5.41) is 0. The molecular formula is C17H30O5. The van der Waals surface area contributed by atoms with Crippen molar-refractivity contribution in [2.24, 2.45) is 5.41 Å². The average molecular weight is 314 g/mol. The summed E-state index contributed by atoms with van der Waals surface area (Å²) in [7, 11) is 3.04. The van der Waals surface area contributed by atoms with E-state index in [0.717, 1.165) is 19.3 Å². The lowest BCUT2D eigenvalue weighted by Crippen LogP contribution is -2.53. The molecule has 1 heterocycles. The van der Waals surface area contributed by atoms with Gasteiger partial charge in [-0.2, -0.15) is 0 Å². The number of hydrogen-bond donors (Lipinski definition) is 0. The molecule has 0 radical (unpaired) electrons. The Bertz CT molecular complexity index is 367. The highest BCUT2D eigenvalue weighted by molar-refractivity contribution is 5.98. The van der Waals surface area contributed by atoms with Crippen molar-refractivity contribution in [3.8, 4) is 0 Å². The fourth-order valence-corrected chi connectivity index (χ4v) is 3.54. The first-order chi connectivity index (χ1) is 10.5. The molecule has 1 rings (SSSR count). The Kier molecular flexibility index (Phi) is 7.49. The van der Waals surface area contributed by atoms with Gasteiger partial charge in [-0.15, -0.1) is 0 Å². The number of unbranched alkanes of at least 4 members (excludes halogenated alkanes) is 5. The summed E-state index contributed by atoms with van der Waals surface area (Å²) in [5.41, 5.74) is -1.02. The van der Waals surface area contributed by atoms with Crippen LogP contribution in [0.5, 0.6) is 0 Å². The Morgan fingerprint density at radius 1 is 1.05 bits per heavy atom. The van der Waals surface area contributed by atoms with Crippen LogP contribution in [0.1, 0.15) is 71.6 Å². The van der Waals surface area contributed by atoms with Crippen LogP contribution in [0.2, 0.25) is 0 Å². The molecule has 5 heteroatoms. The van der Waals surface area contributed by atoms with Gasteiger partial charge in [0.25, 0.3) is 0 Å². The van der Waals surface area contributed by atoms with Gasteiger partial charge in [-0.3, -0.25) is 9.59 Å². The first-order valence-corrected chi connectivity index (χ1v) is 8.37. The second kappa shape index (κ2) is 8.63. The third-order valence-electron chi connectivity index (χ3n) is 4.85. The quantitative estimate of drug-likeness (QED) is 0.252. The van der Waals surface area contributed by atoms with E-state index in [1.54, 1.807) is 0 Å². The molecule has 0 aromatic heterocycles. The van der Waals surface area contributed by atoms with Crippen LogP contribution in [0.25, 0.3) is 0 Å². The van der Waals surface area contributed by atoms with Crippen molar-refractivity contribution < 1.29 is 23.8 Å². The minimum atomic E-state index is -1.10. The molecule has 5 nitrogen and oxygen atoms in total. The molecule has 1 atom stereocenters. The largest absolute Gasteiger partial charge is 0.393 e. The van der Waals surface area contributed by atoms with Crippen molar-refractivity contribution in [1.29, 1.82) is 0 Å². The molecule has 0 aliphatic carbocycles. The van der Waals surface area contributed by atoms with Crippen molar-refractivity contribution in [2.45, 2.75) is 77.4 Å². The molecule has 0 saturated carbocycles. The van der Waals surface area contributed by atoms with Crippen molar-refractivity contribution >= 4 is 11.9 Å². The summed E-state index contributed by atoms with van der Waals surface area (Å²) in [6.45, 7) is 4.08. The maximum Gasteiger partial charge on any atom is 0.325 e. The summed E-state index contributed by atoms with van der Waals surface area (Å²) >= 11 is 0. The van der Waals surface area contributed by atoms with Crippen LogP contribution >= 0.6 is 0 Å². The lowest BCUT2D eigenvalue weighted by Gasteiger charge is -2.42. The monoisotopic (exact) mass is 314 g/mol. The second-order valence-electron chi connectivity index (χ2n) is 6.05. The number of methoxy groups -OCH3 is 2. The lowest BCUT2D eigenvalue weighted by molar-refractivity contribution is -0.272. The van der Waals surface area contributed by atoms with Crippen molar-refractivity contribution in [3.05, 3.63) is 0 Å². The fraction of sp³-hybridized carbons (Fsp3) is 0.882. The number of carbonyl (C=O) groups is 2. The van der Waals surface area contributed by atoms with Crippen LogP contribution in [0.3, 0.4) is 0 Å². The van der Waals surface area contributed by atoms with E-state index in [0.29, 0.717) is 12.8 Å². The summed E-state index contributed by atoms with van der Waals surface area (Å²) in [6.07, 6.45) is 7.77. The summed E-state index contributed by atoms with van der Waals surface area (Å²) in [6, 6.07) is 0. The molecule has 22 heavy (non-hydrogen) atoms. The number of ether oxygens (including phenoxy) is 3. The molecule has 1 aliphatic heterocycles. The maximum atomic E-state index is 12.4. The SMILES string of the molecule is CCCCCCCCC1(C(CC)(OC)OC)CC(=O)OC1=O. The Balaban J connectivity index is 2.81. The molecule has 0 spiro atoms. The van der Waals surface area contributed by atoms with Gasteiger partial charge in [-0.05, 0) is 12.8 Å². The van der Waals surface area contributed by atoms with Gasteiger partial charge in [0.15, 0.2) is 5.79 Å². The molecule has 0 aromatic carbocycles. The molecule has 0 aromatic rings. The van der Waals surface area contributed by atoms with E-state index in [2.05, 4.69) is 6.92 Å². The van der Waals surface area contributed by atoms with Crippen LogP contribution in [0.15, 0.2) is 0 Å². The summed E-state index contributed by atoms with van der Waals surface area (Å²) < 4.78 is 16.0. The minimum absolute atomic E-state index is 0.0380. The van der Waals surface area contributed by atoms with Gasteiger partial charge in [-0.1, -0.05) is 52.4 Å². The topological polar surface area (TPSA) is 61.8 Å². The molecule has 1 unspecified atom stereocenters.